The van der Waals surface area contributed by atoms with Gasteiger partial charge in [0.05, 0.1) is 0 Å². The summed E-state index contributed by atoms with van der Waals surface area (Å²) in [7, 11) is 0. The van der Waals surface area contributed by atoms with Gasteiger partial charge in [-0.1, -0.05) is 24.3 Å². The predicted molar refractivity (Wildman–Crippen MR) is 57.0 cm³/mol. The normalized spacial score (nSPS) is 16.6. The fourth-order valence-corrected chi connectivity index (χ4v) is 2.34. The monoisotopic (exact) mass is 163 g/mol. The van der Waals surface area contributed by atoms with Crippen molar-refractivity contribution in [3.63, 3.8) is 0 Å². The summed E-state index contributed by atoms with van der Waals surface area (Å²) in [6.07, 6.45) is 9.65. The SMILES string of the molecule is C1=Cc2cc3c(cc2C1)CCC3.[Li]. The van der Waals surface area contributed by atoms with Gasteiger partial charge in [-0.3, -0.25) is 0 Å². The average molecular weight is 163 g/mol. The minimum atomic E-state index is 0. The molecular formula is C12H12Li. The molecule has 0 amide bonds. The second-order valence-electron chi connectivity index (χ2n) is 3.78. The van der Waals surface area contributed by atoms with Gasteiger partial charge in [-0.15, -0.1) is 0 Å². The standard InChI is InChI=1S/C12H12.Li/c1-3-9-7-11-5-2-6-12(11)8-10(9)4-1;/h1,3,7-8H,2,4-6H2;. The van der Waals surface area contributed by atoms with E-state index in [1.54, 1.807) is 11.1 Å². The van der Waals surface area contributed by atoms with Gasteiger partial charge >= 0.3 is 0 Å². The van der Waals surface area contributed by atoms with Crippen molar-refractivity contribution in [2.45, 2.75) is 25.7 Å². The van der Waals surface area contributed by atoms with Gasteiger partial charge < -0.3 is 0 Å². The summed E-state index contributed by atoms with van der Waals surface area (Å²) in [5.74, 6) is 0. The molecule has 1 aromatic rings. The molecule has 0 nitrogen and oxygen atoms in total. The Morgan fingerprint density at radius 3 is 2.54 bits per heavy atom. The Bertz CT molecular complexity index is 363. The molecule has 3 rings (SSSR count). The molecule has 13 heavy (non-hydrogen) atoms. The molecule has 0 fully saturated rings. The molecular weight excluding hydrogens is 151 g/mol. The van der Waals surface area contributed by atoms with Crippen molar-refractivity contribution >= 4 is 24.9 Å². The Kier molecular flexibility index (Phi) is 2.36. The predicted octanol–water partition coefficient (Wildman–Crippen LogP) is 2.36. The molecule has 2 aliphatic carbocycles. The van der Waals surface area contributed by atoms with Gasteiger partial charge in [0.1, 0.15) is 0 Å². The van der Waals surface area contributed by atoms with E-state index in [-0.39, 0.29) is 18.9 Å². The van der Waals surface area contributed by atoms with E-state index >= 15 is 0 Å². The van der Waals surface area contributed by atoms with Crippen LogP contribution in [0.1, 0.15) is 28.7 Å². The summed E-state index contributed by atoms with van der Waals surface area (Å²) in [6.45, 7) is 0. The average Bonchev–Trinajstić information content (AvgIpc) is 2.64. The number of hydrogen-bond donors (Lipinski definition) is 0. The number of rotatable bonds is 0. The zero-order chi connectivity index (χ0) is 7.97. The van der Waals surface area contributed by atoms with Crippen LogP contribution in [0.15, 0.2) is 18.2 Å². The van der Waals surface area contributed by atoms with Crippen LogP contribution in [-0.2, 0) is 19.3 Å². The molecule has 0 aromatic heterocycles. The van der Waals surface area contributed by atoms with E-state index in [0.717, 1.165) is 6.42 Å². The van der Waals surface area contributed by atoms with Gasteiger partial charge in [0.15, 0.2) is 0 Å². The molecule has 0 heterocycles. The molecule has 0 aliphatic heterocycles. The first kappa shape index (κ1) is 9.13. The van der Waals surface area contributed by atoms with Crippen molar-refractivity contribution in [1.29, 1.82) is 0 Å². The molecule has 1 aromatic carbocycles. The topological polar surface area (TPSA) is 0 Å². The van der Waals surface area contributed by atoms with Crippen molar-refractivity contribution in [2.75, 3.05) is 0 Å². The first-order chi connectivity index (χ1) is 5.93. The van der Waals surface area contributed by atoms with Crippen LogP contribution >= 0.6 is 0 Å². The minimum Gasteiger partial charge on any atom is -0.0795 e. The maximum Gasteiger partial charge on any atom is 0 e. The number of hydrogen-bond acceptors (Lipinski definition) is 0. The Morgan fingerprint density at radius 2 is 1.69 bits per heavy atom. The van der Waals surface area contributed by atoms with Crippen LogP contribution in [0, 0.1) is 0 Å². The third kappa shape index (κ3) is 1.39. The summed E-state index contributed by atoms with van der Waals surface area (Å²) < 4.78 is 0. The van der Waals surface area contributed by atoms with Crippen LogP contribution in [-0.4, -0.2) is 18.9 Å². The van der Waals surface area contributed by atoms with E-state index in [2.05, 4.69) is 24.3 Å². The number of benzene rings is 1. The largest absolute Gasteiger partial charge is 0.0795 e. The van der Waals surface area contributed by atoms with Crippen LogP contribution in [0.2, 0.25) is 0 Å². The first-order valence-electron chi connectivity index (χ1n) is 4.75. The smallest absolute Gasteiger partial charge is 0 e. The van der Waals surface area contributed by atoms with Gasteiger partial charge in [-0.05, 0) is 47.9 Å². The number of allylic oxidation sites excluding steroid dienone is 1. The maximum atomic E-state index is 2.41. The summed E-state index contributed by atoms with van der Waals surface area (Å²) in [4.78, 5) is 0. The van der Waals surface area contributed by atoms with E-state index in [9.17, 15) is 0 Å². The summed E-state index contributed by atoms with van der Waals surface area (Å²) >= 11 is 0. The molecule has 1 radical (unpaired) electrons. The van der Waals surface area contributed by atoms with Crippen LogP contribution in [0.4, 0.5) is 0 Å². The van der Waals surface area contributed by atoms with Crippen molar-refractivity contribution < 1.29 is 0 Å². The molecule has 0 unspecified atom stereocenters. The first-order valence-corrected chi connectivity index (χ1v) is 4.75. The zero-order valence-corrected chi connectivity index (χ0v) is 8.14. The van der Waals surface area contributed by atoms with E-state index in [1.807, 2.05) is 0 Å². The van der Waals surface area contributed by atoms with E-state index in [0.29, 0.717) is 0 Å². The molecule has 0 spiro atoms. The molecule has 0 N–H and O–H groups in total. The molecule has 0 bridgehead atoms. The van der Waals surface area contributed by atoms with Gasteiger partial charge in [0.25, 0.3) is 0 Å². The number of aryl methyl sites for hydroxylation is 2. The summed E-state index contributed by atoms with van der Waals surface area (Å²) in [5.41, 5.74) is 6.21. The fourth-order valence-electron chi connectivity index (χ4n) is 2.34. The minimum absolute atomic E-state index is 0. The van der Waals surface area contributed by atoms with Crippen LogP contribution in [0.25, 0.3) is 6.08 Å². The third-order valence-electron chi connectivity index (χ3n) is 2.99. The van der Waals surface area contributed by atoms with Crippen LogP contribution in [0.5, 0.6) is 0 Å². The Labute approximate surface area is 91.2 Å². The second-order valence-corrected chi connectivity index (χ2v) is 3.78. The van der Waals surface area contributed by atoms with Crippen molar-refractivity contribution in [2.24, 2.45) is 0 Å². The molecule has 0 saturated carbocycles. The van der Waals surface area contributed by atoms with Crippen LogP contribution in [0.3, 0.4) is 0 Å². The van der Waals surface area contributed by atoms with E-state index < -0.39 is 0 Å². The molecule has 0 atom stereocenters. The Morgan fingerprint density at radius 1 is 0.923 bits per heavy atom. The molecule has 1 heteroatoms. The van der Waals surface area contributed by atoms with Gasteiger partial charge in [-0.25, -0.2) is 0 Å². The zero-order valence-electron chi connectivity index (χ0n) is 8.14. The molecule has 61 valence electrons. The van der Waals surface area contributed by atoms with E-state index in [4.69, 9.17) is 0 Å². The quantitative estimate of drug-likeness (QED) is 0.515. The van der Waals surface area contributed by atoms with Crippen LogP contribution < -0.4 is 0 Å². The van der Waals surface area contributed by atoms with Crippen molar-refractivity contribution in [3.05, 3.63) is 40.5 Å². The summed E-state index contributed by atoms with van der Waals surface area (Å²) in [6, 6.07) is 4.80. The van der Waals surface area contributed by atoms with Gasteiger partial charge in [0, 0.05) is 18.9 Å². The Balaban J connectivity index is 0.000000653. The van der Waals surface area contributed by atoms with E-state index in [1.165, 1.54) is 30.4 Å². The maximum absolute atomic E-state index is 2.41. The van der Waals surface area contributed by atoms with Gasteiger partial charge in [-0.2, -0.15) is 0 Å². The third-order valence-corrected chi connectivity index (χ3v) is 2.99. The fraction of sp³-hybridized carbons (Fsp3) is 0.333. The second kappa shape index (κ2) is 3.37. The molecule has 2 aliphatic rings. The molecule has 0 saturated heterocycles. The van der Waals surface area contributed by atoms with Crippen molar-refractivity contribution in [3.8, 4) is 0 Å². The summed E-state index contributed by atoms with van der Waals surface area (Å²) in [5, 5.41) is 0. The Hall–Kier alpha value is -0.443. The van der Waals surface area contributed by atoms with Crippen molar-refractivity contribution in [1.82, 2.24) is 0 Å². The number of fused-ring (bicyclic) bond motifs is 2. The van der Waals surface area contributed by atoms with Gasteiger partial charge in [0.2, 0.25) is 0 Å².